The Morgan fingerprint density at radius 2 is 1.76 bits per heavy atom. The number of para-hydroxylation sites is 1. The van der Waals surface area contributed by atoms with Crippen molar-refractivity contribution in [3.63, 3.8) is 0 Å². The zero-order valence-corrected chi connectivity index (χ0v) is 18.5. The van der Waals surface area contributed by atoms with Crippen molar-refractivity contribution in [1.29, 1.82) is 0 Å². The maximum atomic E-state index is 12.6. The van der Waals surface area contributed by atoms with Gasteiger partial charge in [-0.25, -0.2) is 0 Å². The zero-order valence-electron chi connectivity index (χ0n) is 15.4. The first-order valence-electron chi connectivity index (χ1n) is 8.64. The smallest absolute Gasteiger partial charge is 0.339 e. The Hall–Kier alpha value is -2.35. The highest BCUT2D eigenvalue weighted by Gasteiger charge is 2.22. The summed E-state index contributed by atoms with van der Waals surface area (Å²) in [4.78, 5) is 4.40. The molecule has 0 aliphatic rings. The molecule has 0 fully saturated rings. The van der Waals surface area contributed by atoms with E-state index in [1.54, 1.807) is 25.3 Å². The Morgan fingerprint density at radius 3 is 2.41 bits per heavy atom. The Balaban J connectivity index is 1.94. The molecule has 0 spiro atoms. The minimum Gasteiger partial charge on any atom is -0.490 e. The summed E-state index contributed by atoms with van der Waals surface area (Å²) >= 11 is 9.21. The summed E-state index contributed by atoms with van der Waals surface area (Å²) in [6.07, 6.45) is 1.67. The second-order valence-corrected chi connectivity index (χ2v) is 8.69. The number of hydrogen-bond donors (Lipinski definition) is 0. The molecule has 3 aromatic carbocycles. The lowest BCUT2D eigenvalue weighted by molar-refractivity contribution is 0.327. The van der Waals surface area contributed by atoms with E-state index in [2.05, 4.69) is 20.9 Å². The summed E-state index contributed by atoms with van der Waals surface area (Å²) in [5.41, 5.74) is 1.52. The first-order chi connectivity index (χ1) is 13.9. The predicted octanol–water partition coefficient (Wildman–Crippen LogP) is 6.02. The van der Waals surface area contributed by atoms with E-state index < -0.39 is 10.1 Å². The van der Waals surface area contributed by atoms with Gasteiger partial charge in [0.05, 0.1) is 16.8 Å². The van der Waals surface area contributed by atoms with Gasteiger partial charge in [-0.15, -0.1) is 0 Å². The number of rotatable bonds is 7. The lowest BCUT2D eigenvalue weighted by Crippen LogP contribution is -2.11. The molecule has 0 amide bonds. The number of aliphatic imine (C=N–C) groups is 1. The van der Waals surface area contributed by atoms with E-state index in [1.807, 2.05) is 30.3 Å². The minimum atomic E-state index is -4.06. The summed E-state index contributed by atoms with van der Waals surface area (Å²) in [6.45, 7) is 2.14. The van der Waals surface area contributed by atoms with Crippen LogP contribution < -0.4 is 8.92 Å². The van der Waals surface area contributed by atoms with Gasteiger partial charge in [0.15, 0.2) is 11.5 Å². The van der Waals surface area contributed by atoms with Gasteiger partial charge in [0.1, 0.15) is 4.90 Å². The molecule has 3 aromatic rings. The fraction of sp³-hybridized carbons (Fsp3) is 0.0952. The highest BCUT2D eigenvalue weighted by molar-refractivity contribution is 9.10. The van der Waals surface area contributed by atoms with Crippen molar-refractivity contribution in [2.45, 2.75) is 11.8 Å². The molecular weight excluding hydrogens is 478 g/mol. The van der Waals surface area contributed by atoms with Crippen molar-refractivity contribution >= 4 is 49.6 Å². The van der Waals surface area contributed by atoms with Crippen molar-refractivity contribution in [2.24, 2.45) is 4.99 Å². The molecule has 0 heterocycles. The van der Waals surface area contributed by atoms with Crippen LogP contribution in [0.25, 0.3) is 0 Å². The topological polar surface area (TPSA) is 65.0 Å². The molecule has 0 N–H and O–H groups in total. The van der Waals surface area contributed by atoms with Gasteiger partial charge in [-0.05, 0) is 76.9 Å². The van der Waals surface area contributed by atoms with Crippen LogP contribution in [0.15, 0.2) is 81.1 Å². The Labute approximate surface area is 183 Å². The van der Waals surface area contributed by atoms with E-state index in [-0.39, 0.29) is 16.4 Å². The average molecular weight is 495 g/mol. The number of ether oxygens (including phenoxy) is 1. The molecule has 0 atom stereocenters. The third-order valence-electron chi connectivity index (χ3n) is 3.75. The van der Waals surface area contributed by atoms with E-state index in [4.69, 9.17) is 20.5 Å². The fourth-order valence-corrected chi connectivity index (χ4v) is 4.16. The van der Waals surface area contributed by atoms with Crippen molar-refractivity contribution in [2.75, 3.05) is 6.61 Å². The first kappa shape index (κ1) is 21.4. The number of halogens is 2. The quantitative estimate of drug-likeness (QED) is 0.298. The molecule has 0 bridgehead atoms. The molecule has 0 saturated carbocycles. The molecule has 3 rings (SSSR count). The molecule has 0 saturated heterocycles. The monoisotopic (exact) mass is 493 g/mol. The van der Waals surface area contributed by atoms with Gasteiger partial charge in [0, 0.05) is 11.2 Å². The highest BCUT2D eigenvalue weighted by Crippen LogP contribution is 2.38. The van der Waals surface area contributed by atoms with Crippen LogP contribution in [0.2, 0.25) is 5.02 Å². The Bertz CT molecular complexity index is 1120. The summed E-state index contributed by atoms with van der Waals surface area (Å²) in [5.74, 6) is 0.354. The maximum absolute atomic E-state index is 12.6. The van der Waals surface area contributed by atoms with Crippen LogP contribution in [0, 0.1) is 0 Å². The molecule has 150 valence electrons. The van der Waals surface area contributed by atoms with Crippen molar-refractivity contribution in [1.82, 2.24) is 0 Å². The summed E-state index contributed by atoms with van der Waals surface area (Å²) in [6, 6.07) is 18.6. The third kappa shape index (κ3) is 5.59. The highest BCUT2D eigenvalue weighted by atomic mass is 79.9. The van der Waals surface area contributed by atoms with Gasteiger partial charge < -0.3 is 8.92 Å². The van der Waals surface area contributed by atoms with E-state index in [1.165, 1.54) is 24.3 Å². The van der Waals surface area contributed by atoms with Gasteiger partial charge in [0.2, 0.25) is 0 Å². The normalized spacial score (nSPS) is 11.6. The van der Waals surface area contributed by atoms with E-state index >= 15 is 0 Å². The molecular formula is C21H17BrClNO4S. The number of nitrogens with zero attached hydrogens (tertiary/aromatic N) is 1. The van der Waals surface area contributed by atoms with E-state index in [9.17, 15) is 8.42 Å². The Morgan fingerprint density at radius 1 is 1.07 bits per heavy atom. The zero-order chi connectivity index (χ0) is 20.9. The second-order valence-electron chi connectivity index (χ2n) is 5.85. The average Bonchev–Trinajstić information content (AvgIpc) is 2.70. The van der Waals surface area contributed by atoms with Crippen molar-refractivity contribution < 1.29 is 17.3 Å². The van der Waals surface area contributed by atoms with Crippen LogP contribution >= 0.6 is 27.5 Å². The van der Waals surface area contributed by atoms with Crippen LogP contribution in [0.5, 0.6) is 11.5 Å². The lowest BCUT2D eigenvalue weighted by atomic mass is 10.2. The lowest BCUT2D eigenvalue weighted by Gasteiger charge is -2.14. The van der Waals surface area contributed by atoms with Crippen LogP contribution in [0.3, 0.4) is 0 Å². The van der Waals surface area contributed by atoms with Gasteiger partial charge in [-0.3, -0.25) is 4.99 Å². The molecule has 29 heavy (non-hydrogen) atoms. The molecule has 0 radical (unpaired) electrons. The molecule has 0 aliphatic carbocycles. The van der Waals surface area contributed by atoms with Crippen molar-refractivity contribution in [3.05, 3.63) is 81.8 Å². The SMILES string of the molecule is CCOc1cc(C=Nc2ccccc2)cc(Br)c1OS(=O)(=O)c1ccc(Cl)cc1. The van der Waals surface area contributed by atoms with E-state index in [0.29, 0.717) is 16.1 Å². The van der Waals surface area contributed by atoms with Gasteiger partial charge in [-0.2, -0.15) is 8.42 Å². The standard InChI is InChI=1S/C21H17BrClNO4S/c1-2-27-20-13-15(14-24-17-6-4-3-5-7-17)12-19(22)21(20)28-29(25,26)18-10-8-16(23)9-11-18/h3-14H,2H2,1H3. The molecule has 8 heteroatoms. The van der Waals surface area contributed by atoms with Gasteiger partial charge >= 0.3 is 10.1 Å². The van der Waals surface area contributed by atoms with Crippen LogP contribution in [-0.2, 0) is 10.1 Å². The number of hydrogen-bond acceptors (Lipinski definition) is 5. The Kier molecular flexibility index (Phi) is 6.95. The van der Waals surface area contributed by atoms with E-state index in [0.717, 1.165) is 11.3 Å². The summed E-state index contributed by atoms with van der Waals surface area (Å²) in [5, 5.41) is 0.433. The third-order valence-corrected chi connectivity index (χ3v) is 5.82. The molecule has 0 unspecified atom stereocenters. The van der Waals surface area contributed by atoms with Crippen LogP contribution in [0.1, 0.15) is 12.5 Å². The molecule has 5 nitrogen and oxygen atoms in total. The molecule has 0 aromatic heterocycles. The number of benzene rings is 3. The summed E-state index contributed by atoms with van der Waals surface area (Å²) in [7, 11) is -4.06. The van der Waals surface area contributed by atoms with Gasteiger partial charge in [0.25, 0.3) is 0 Å². The summed E-state index contributed by atoms with van der Waals surface area (Å²) < 4.78 is 36.7. The van der Waals surface area contributed by atoms with Crippen molar-refractivity contribution in [3.8, 4) is 11.5 Å². The largest absolute Gasteiger partial charge is 0.490 e. The molecule has 0 aliphatic heterocycles. The second kappa shape index (κ2) is 9.43. The van der Waals surface area contributed by atoms with Crippen LogP contribution in [-0.4, -0.2) is 21.2 Å². The first-order valence-corrected chi connectivity index (χ1v) is 11.2. The predicted molar refractivity (Wildman–Crippen MR) is 118 cm³/mol. The van der Waals surface area contributed by atoms with Crippen LogP contribution in [0.4, 0.5) is 5.69 Å². The fourth-order valence-electron chi connectivity index (χ4n) is 2.43. The van der Waals surface area contributed by atoms with Gasteiger partial charge in [-0.1, -0.05) is 29.8 Å². The minimum absolute atomic E-state index is 0.00837. The maximum Gasteiger partial charge on any atom is 0.339 e.